The van der Waals surface area contributed by atoms with Gasteiger partial charge in [-0.15, -0.1) is 0 Å². The van der Waals surface area contributed by atoms with Crippen LogP contribution in [0.3, 0.4) is 0 Å². The van der Waals surface area contributed by atoms with E-state index in [1.807, 2.05) is 0 Å². The zero-order valence-corrected chi connectivity index (χ0v) is 12.8. The van der Waals surface area contributed by atoms with Gasteiger partial charge in [0.15, 0.2) is 0 Å². The molecular formula is C14H19BrN2O3. The second kappa shape index (κ2) is 7.61. The monoisotopic (exact) mass is 342 g/mol. The average Bonchev–Trinajstić information content (AvgIpc) is 2.43. The largest absolute Gasteiger partial charge is 0.399 e. The molecule has 0 bridgehead atoms. The minimum absolute atomic E-state index is 0.0245. The molecule has 0 saturated carbocycles. The van der Waals surface area contributed by atoms with Crippen molar-refractivity contribution in [3.8, 4) is 0 Å². The second-order valence-corrected chi connectivity index (χ2v) is 5.65. The van der Waals surface area contributed by atoms with Gasteiger partial charge in [0.2, 0.25) is 5.91 Å². The third-order valence-corrected chi connectivity index (χ3v) is 3.73. The molecule has 6 heteroatoms. The van der Waals surface area contributed by atoms with Gasteiger partial charge in [0.25, 0.3) is 0 Å². The summed E-state index contributed by atoms with van der Waals surface area (Å²) in [5, 5.41) is 2.77. The van der Waals surface area contributed by atoms with Crippen LogP contribution < -0.4 is 11.1 Å². The van der Waals surface area contributed by atoms with E-state index in [1.165, 1.54) is 6.42 Å². The minimum atomic E-state index is -0.189. The molecule has 5 nitrogen and oxygen atoms in total. The van der Waals surface area contributed by atoms with Gasteiger partial charge in [-0.2, -0.15) is 0 Å². The number of rotatable bonds is 5. The molecule has 1 saturated heterocycles. The number of benzene rings is 1. The van der Waals surface area contributed by atoms with E-state index in [-0.39, 0.29) is 18.6 Å². The number of nitrogen functional groups attached to an aromatic ring is 1. The average molecular weight is 343 g/mol. The van der Waals surface area contributed by atoms with Gasteiger partial charge in [-0.05, 0) is 53.4 Å². The van der Waals surface area contributed by atoms with Crippen LogP contribution in [0.1, 0.15) is 19.3 Å². The lowest BCUT2D eigenvalue weighted by atomic mass is 10.1. The lowest BCUT2D eigenvalue weighted by Gasteiger charge is -2.22. The van der Waals surface area contributed by atoms with Gasteiger partial charge in [-0.3, -0.25) is 4.79 Å². The number of amides is 1. The van der Waals surface area contributed by atoms with Crippen LogP contribution in [0.5, 0.6) is 0 Å². The van der Waals surface area contributed by atoms with Crippen molar-refractivity contribution < 1.29 is 14.3 Å². The smallest absolute Gasteiger partial charge is 0.250 e. The predicted molar refractivity (Wildman–Crippen MR) is 81.6 cm³/mol. The van der Waals surface area contributed by atoms with E-state index in [0.717, 1.165) is 23.9 Å². The van der Waals surface area contributed by atoms with Crippen LogP contribution in [0.2, 0.25) is 0 Å². The number of carbonyl (C=O) groups excluding carboxylic acids is 1. The van der Waals surface area contributed by atoms with Gasteiger partial charge >= 0.3 is 0 Å². The van der Waals surface area contributed by atoms with Crippen molar-refractivity contribution in [1.29, 1.82) is 0 Å². The third kappa shape index (κ3) is 4.77. The van der Waals surface area contributed by atoms with Crippen LogP contribution in [0.25, 0.3) is 0 Å². The first-order valence-electron chi connectivity index (χ1n) is 6.69. The van der Waals surface area contributed by atoms with Crippen LogP contribution in [0, 0.1) is 0 Å². The standard InChI is InChI=1S/C14H19BrN2O3/c15-12-7-10(16)4-5-13(12)17-14(18)9-19-8-11-3-1-2-6-20-11/h4-5,7,11H,1-3,6,8-9,16H2,(H,17,18). The zero-order chi connectivity index (χ0) is 14.4. The Morgan fingerprint density at radius 2 is 2.35 bits per heavy atom. The summed E-state index contributed by atoms with van der Waals surface area (Å²) in [4.78, 5) is 11.8. The highest BCUT2D eigenvalue weighted by Crippen LogP contribution is 2.24. The molecule has 0 spiro atoms. The Hall–Kier alpha value is -1.11. The van der Waals surface area contributed by atoms with E-state index < -0.39 is 0 Å². The summed E-state index contributed by atoms with van der Waals surface area (Å²) >= 11 is 3.35. The van der Waals surface area contributed by atoms with E-state index in [9.17, 15) is 4.79 Å². The van der Waals surface area contributed by atoms with E-state index in [0.29, 0.717) is 18.0 Å². The maximum absolute atomic E-state index is 11.8. The lowest BCUT2D eigenvalue weighted by Crippen LogP contribution is -2.27. The highest BCUT2D eigenvalue weighted by atomic mass is 79.9. The van der Waals surface area contributed by atoms with E-state index in [2.05, 4.69) is 21.2 Å². The number of nitrogens with one attached hydrogen (secondary N) is 1. The summed E-state index contributed by atoms with van der Waals surface area (Å²) < 4.78 is 11.7. The molecule has 110 valence electrons. The van der Waals surface area contributed by atoms with Crippen molar-refractivity contribution in [2.24, 2.45) is 0 Å². The molecule has 1 atom stereocenters. The quantitative estimate of drug-likeness (QED) is 0.806. The summed E-state index contributed by atoms with van der Waals surface area (Å²) in [6.07, 6.45) is 3.41. The topological polar surface area (TPSA) is 73.6 Å². The van der Waals surface area contributed by atoms with Gasteiger partial charge in [0, 0.05) is 16.8 Å². The fourth-order valence-corrected chi connectivity index (χ4v) is 2.54. The fourth-order valence-electron chi connectivity index (χ4n) is 2.04. The Labute approximate surface area is 126 Å². The summed E-state index contributed by atoms with van der Waals surface area (Å²) in [7, 11) is 0. The zero-order valence-electron chi connectivity index (χ0n) is 11.2. The number of hydrogen-bond donors (Lipinski definition) is 2. The molecule has 1 aliphatic heterocycles. The van der Waals surface area contributed by atoms with Crippen LogP contribution in [0.15, 0.2) is 22.7 Å². The van der Waals surface area contributed by atoms with Crippen molar-refractivity contribution in [1.82, 2.24) is 0 Å². The third-order valence-electron chi connectivity index (χ3n) is 3.08. The van der Waals surface area contributed by atoms with E-state index >= 15 is 0 Å². The molecule has 20 heavy (non-hydrogen) atoms. The number of halogens is 1. The second-order valence-electron chi connectivity index (χ2n) is 4.79. The first-order chi connectivity index (χ1) is 9.65. The SMILES string of the molecule is Nc1ccc(NC(=O)COCC2CCCCO2)c(Br)c1. The molecule has 2 rings (SSSR count). The summed E-state index contributed by atoms with van der Waals surface area (Å²) in [6.45, 7) is 1.28. The first-order valence-corrected chi connectivity index (χ1v) is 7.48. The Bertz CT molecular complexity index is 462. The molecule has 1 amide bonds. The van der Waals surface area contributed by atoms with Crippen molar-refractivity contribution >= 4 is 33.2 Å². The predicted octanol–water partition coefficient (Wildman–Crippen LogP) is 2.56. The normalized spacial score (nSPS) is 18.8. The summed E-state index contributed by atoms with van der Waals surface area (Å²) in [6, 6.07) is 5.23. The van der Waals surface area contributed by atoms with Crippen molar-refractivity contribution in [3.63, 3.8) is 0 Å². The molecule has 3 N–H and O–H groups in total. The molecule has 1 aromatic rings. The van der Waals surface area contributed by atoms with Crippen molar-refractivity contribution in [3.05, 3.63) is 22.7 Å². The summed E-state index contributed by atoms with van der Waals surface area (Å²) in [5.41, 5.74) is 6.96. The number of anilines is 2. The molecular weight excluding hydrogens is 324 g/mol. The van der Waals surface area contributed by atoms with Gasteiger partial charge in [0.1, 0.15) is 6.61 Å². The summed E-state index contributed by atoms with van der Waals surface area (Å²) in [5.74, 6) is -0.189. The molecule has 1 aromatic carbocycles. The van der Waals surface area contributed by atoms with E-state index in [1.54, 1.807) is 18.2 Å². The molecule has 1 unspecified atom stereocenters. The molecule has 0 aliphatic carbocycles. The Morgan fingerprint density at radius 3 is 3.05 bits per heavy atom. The van der Waals surface area contributed by atoms with Crippen LogP contribution in [-0.2, 0) is 14.3 Å². The molecule has 0 aromatic heterocycles. The number of ether oxygens (including phenoxy) is 2. The maximum atomic E-state index is 11.8. The molecule has 1 aliphatic rings. The van der Waals surface area contributed by atoms with Crippen molar-refractivity contribution in [2.45, 2.75) is 25.4 Å². The van der Waals surface area contributed by atoms with Crippen LogP contribution >= 0.6 is 15.9 Å². The Kier molecular flexibility index (Phi) is 5.82. The molecule has 1 fully saturated rings. The van der Waals surface area contributed by atoms with Gasteiger partial charge in [-0.25, -0.2) is 0 Å². The number of hydrogen-bond acceptors (Lipinski definition) is 4. The number of carbonyl (C=O) groups is 1. The Balaban J connectivity index is 1.72. The highest BCUT2D eigenvalue weighted by molar-refractivity contribution is 9.10. The van der Waals surface area contributed by atoms with Gasteiger partial charge in [0.05, 0.1) is 18.4 Å². The number of nitrogens with two attached hydrogens (primary N) is 1. The maximum Gasteiger partial charge on any atom is 0.250 e. The van der Waals surface area contributed by atoms with Gasteiger partial charge in [-0.1, -0.05) is 0 Å². The lowest BCUT2D eigenvalue weighted by molar-refractivity contribution is -0.122. The minimum Gasteiger partial charge on any atom is -0.399 e. The van der Waals surface area contributed by atoms with Crippen molar-refractivity contribution in [2.75, 3.05) is 30.9 Å². The highest BCUT2D eigenvalue weighted by Gasteiger charge is 2.14. The molecule has 0 radical (unpaired) electrons. The Morgan fingerprint density at radius 1 is 1.50 bits per heavy atom. The molecule has 1 heterocycles. The fraction of sp³-hybridized carbons (Fsp3) is 0.500. The van der Waals surface area contributed by atoms with E-state index in [4.69, 9.17) is 15.2 Å². The van der Waals surface area contributed by atoms with Crippen LogP contribution in [-0.4, -0.2) is 31.8 Å². The first kappa shape index (κ1) is 15.3. The van der Waals surface area contributed by atoms with Crippen LogP contribution in [0.4, 0.5) is 11.4 Å². The van der Waals surface area contributed by atoms with Gasteiger partial charge < -0.3 is 20.5 Å².